The Morgan fingerprint density at radius 1 is 0.966 bits per heavy atom. The molecule has 29 heavy (non-hydrogen) atoms. The van der Waals surface area contributed by atoms with E-state index in [1.165, 1.54) is 11.1 Å². The molecule has 0 bridgehead atoms. The van der Waals surface area contributed by atoms with Gasteiger partial charge in [0, 0.05) is 41.0 Å². The molecule has 0 radical (unpaired) electrons. The summed E-state index contributed by atoms with van der Waals surface area (Å²) in [6.07, 6.45) is 4.41. The first kappa shape index (κ1) is 19.2. The van der Waals surface area contributed by atoms with Crippen LogP contribution >= 0.6 is 11.3 Å². The summed E-state index contributed by atoms with van der Waals surface area (Å²) in [5.74, 6) is 1.65. The minimum absolute atomic E-state index is 0.619. The molecule has 0 saturated carbocycles. The van der Waals surface area contributed by atoms with Crippen molar-refractivity contribution in [2.75, 3.05) is 5.32 Å². The number of rotatable bonds is 6. The minimum Gasteiger partial charge on any atom is -0.364 e. The van der Waals surface area contributed by atoms with Crippen molar-refractivity contribution in [1.82, 2.24) is 19.9 Å². The summed E-state index contributed by atoms with van der Waals surface area (Å²) in [5.41, 5.74) is 6.68. The van der Waals surface area contributed by atoms with Crippen molar-refractivity contribution in [3.8, 4) is 10.6 Å². The van der Waals surface area contributed by atoms with Gasteiger partial charge in [0.05, 0.1) is 12.2 Å². The van der Waals surface area contributed by atoms with Crippen molar-refractivity contribution in [3.05, 3.63) is 88.1 Å². The highest BCUT2D eigenvalue weighted by molar-refractivity contribution is 7.13. The maximum atomic E-state index is 4.74. The molecule has 5 nitrogen and oxygen atoms in total. The van der Waals surface area contributed by atoms with E-state index in [0.29, 0.717) is 6.54 Å². The van der Waals surface area contributed by atoms with E-state index >= 15 is 0 Å². The summed E-state index contributed by atoms with van der Waals surface area (Å²) < 4.78 is 0. The largest absolute Gasteiger partial charge is 0.364 e. The Morgan fingerprint density at radius 3 is 2.55 bits per heavy atom. The topological polar surface area (TPSA) is 63.6 Å². The van der Waals surface area contributed by atoms with Crippen molar-refractivity contribution >= 4 is 17.2 Å². The smallest absolute Gasteiger partial charge is 0.133 e. The first-order valence-electron chi connectivity index (χ1n) is 9.57. The van der Waals surface area contributed by atoms with Gasteiger partial charge in [-0.05, 0) is 38.5 Å². The lowest BCUT2D eigenvalue weighted by atomic mass is 10.0. The van der Waals surface area contributed by atoms with Gasteiger partial charge in [-0.3, -0.25) is 4.98 Å². The van der Waals surface area contributed by atoms with Crippen LogP contribution in [0.3, 0.4) is 0 Å². The quantitative estimate of drug-likeness (QED) is 0.486. The molecule has 1 N–H and O–H groups in total. The second-order valence-electron chi connectivity index (χ2n) is 7.09. The van der Waals surface area contributed by atoms with Gasteiger partial charge in [-0.2, -0.15) is 0 Å². The Hall–Kier alpha value is -3.12. The summed E-state index contributed by atoms with van der Waals surface area (Å²) in [7, 11) is 0. The van der Waals surface area contributed by atoms with Crippen LogP contribution in [0.15, 0.2) is 54.2 Å². The van der Waals surface area contributed by atoms with Crippen molar-refractivity contribution in [2.24, 2.45) is 0 Å². The number of pyridine rings is 1. The van der Waals surface area contributed by atoms with E-state index in [9.17, 15) is 0 Å². The lowest BCUT2D eigenvalue weighted by molar-refractivity contribution is 0.940. The van der Waals surface area contributed by atoms with Gasteiger partial charge in [-0.25, -0.2) is 15.0 Å². The van der Waals surface area contributed by atoms with Gasteiger partial charge in [0.2, 0.25) is 0 Å². The van der Waals surface area contributed by atoms with Gasteiger partial charge in [0.25, 0.3) is 0 Å². The van der Waals surface area contributed by atoms with Crippen LogP contribution in [0.4, 0.5) is 5.82 Å². The molecule has 6 heteroatoms. The molecule has 0 aliphatic carbocycles. The van der Waals surface area contributed by atoms with Crippen LogP contribution in [0.5, 0.6) is 0 Å². The van der Waals surface area contributed by atoms with E-state index in [2.05, 4.69) is 56.8 Å². The standard InChI is InChI=1S/C23H23N5S/c1-15-6-8-18(9-7-15)11-21-16(2)26-17(3)27-22(21)25-13-20-14-29-23(28-20)19-5-4-10-24-12-19/h4-10,12,14H,11,13H2,1-3H3,(H,25,26,27). The van der Waals surface area contributed by atoms with Gasteiger partial charge in [-0.1, -0.05) is 29.8 Å². The summed E-state index contributed by atoms with van der Waals surface area (Å²) in [6, 6.07) is 12.6. The second kappa shape index (κ2) is 8.49. The van der Waals surface area contributed by atoms with Crippen LogP contribution < -0.4 is 5.32 Å². The predicted molar refractivity (Wildman–Crippen MR) is 118 cm³/mol. The third kappa shape index (κ3) is 4.66. The molecular formula is C23H23N5S. The van der Waals surface area contributed by atoms with E-state index < -0.39 is 0 Å². The molecule has 1 aromatic carbocycles. The number of benzene rings is 1. The Kier molecular flexibility index (Phi) is 5.62. The van der Waals surface area contributed by atoms with E-state index in [-0.39, 0.29) is 0 Å². The zero-order chi connectivity index (χ0) is 20.2. The third-order valence-corrected chi connectivity index (χ3v) is 5.66. The number of aryl methyl sites for hydroxylation is 3. The zero-order valence-electron chi connectivity index (χ0n) is 16.8. The molecule has 3 aromatic heterocycles. The number of anilines is 1. The molecule has 0 atom stereocenters. The van der Waals surface area contributed by atoms with E-state index in [1.807, 2.05) is 32.2 Å². The van der Waals surface area contributed by atoms with E-state index in [1.54, 1.807) is 17.5 Å². The van der Waals surface area contributed by atoms with Crippen LogP contribution in [0, 0.1) is 20.8 Å². The molecule has 0 amide bonds. The molecule has 4 rings (SSSR count). The number of nitrogens with one attached hydrogen (secondary N) is 1. The highest BCUT2D eigenvalue weighted by atomic mass is 32.1. The van der Waals surface area contributed by atoms with Crippen LogP contribution in [-0.4, -0.2) is 19.9 Å². The molecule has 3 heterocycles. The lowest BCUT2D eigenvalue weighted by Gasteiger charge is -2.14. The third-order valence-electron chi connectivity index (χ3n) is 4.72. The lowest BCUT2D eigenvalue weighted by Crippen LogP contribution is -2.10. The number of aromatic nitrogens is 4. The summed E-state index contributed by atoms with van der Waals surface area (Å²) >= 11 is 1.63. The van der Waals surface area contributed by atoms with Crippen molar-refractivity contribution < 1.29 is 0 Å². The van der Waals surface area contributed by atoms with E-state index in [4.69, 9.17) is 4.98 Å². The van der Waals surface area contributed by atoms with Gasteiger partial charge >= 0.3 is 0 Å². The Balaban J connectivity index is 1.54. The van der Waals surface area contributed by atoms with Crippen molar-refractivity contribution in [2.45, 2.75) is 33.7 Å². The van der Waals surface area contributed by atoms with Crippen LogP contribution in [-0.2, 0) is 13.0 Å². The number of hydrogen-bond acceptors (Lipinski definition) is 6. The fourth-order valence-corrected chi connectivity index (χ4v) is 4.00. The fraction of sp³-hybridized carbons (Fsp3) is 0.217. The van der Waals surface area contributed by atoms with Gasteiger partial charge in [0.15, 0.2) is 0 Å². The molecule has 0 spiro atoms. The predicted octanol–water partition coefficient (Wildman–Crippen LogP) is 5.12. The highest BCUT2D eigenvalue weighted by Crippen LogP contribution is 2.25. The molecule has 146 valence electrons. The maximum absolute atomic E-state index is 4.74. The number of hydrogen-bond donors (Lipinski definition) is 1. The summed E-state index contributed by atoms with van der Waals surface area (Å²) in [5, 5.41) is 6.54. The molecule has 4 aromatic rings. The summed E-state index contributed by atoms with van der Waals surface area (Å²) in [4.78, 5) is 18.2. The van der Waals surface area contributed by atoms with E-state index in [0.717, 1.165) is 45.6 Å². The van der Waals surface area contributed by atoms with Crippen molar-refractivity contribution in [1.29, 1.82) is 0 Å². The zero-order valence-corrected chi connectivity index (χ0v) is 17.6. The first-order chi connectivity index (χ1) is 14.1. The molecule has 0 aliphatic rings. The maximum Gasteiger partial charge on any atom is 0.133 e. The Labute approximate surface area is 174 Å². The highest BCUT2D eigenvalue weighted by Gasteiger charge is 2.12. The molecular weight excluding hydrogens is 378 g/mol. The van der Waals surface area contributed by atoms with Crippen LogP contribution in [0.2, 0.25) is 0 Å². The average molecular weight is 402 g/mol. The SMILES string of the molecule is Cc1ccc(Cc2c(C)nc(C)nc2NCc2csc(-c3cccnc3)n2)cc1. The molecule has 0 unspecified atom stereocenters. The Morgan fingerprint density at radius 2 is 1.79 bits per heavy atom. The molecule has 0 saturated heterocycles. The minimum atomic E-state index is 0.619. The van der Waals surface area contributed by atoms with Gasteiger partial charge in [0.1, 0.15) is 16.6 Å². The second-order valence-corrected chi connectivity index (χ2v) is 7.94. The number of thiazole rings is 1. The molecule has 0 fully saturated rings. The van der Waals surface area contributed by atoms with Crippen molar-refractivity contribution in [3.63, 3.8) is 0 Å². The molecule has 0 aliphatic heterocycles. The van der Waals surface area contributed by atoms with Gasteiger partial charge < -0.3 is 5.32 Å². The normalized spacial score (nSPS) is 10.9. The van der Waals surface area contributed by atoms with Crippen LogP contribution in [0.25, 0.3) is 10.6 Å². The Bertz CT molecular complexity index is 1100. The van der Waals surface area contributed by atoms with Crippen LogP contribution in [0.1, 0.15) is 33.9 Å². The van der Waals surface area contributed by atoms with Gasteiger partial charge in [-0.15, -0.1) is 11.3 Å². The number of nitrogens with zero attached hydrogens (tertiary/aromatic N) is 4. The monoisotopic (exact) mass is 401 g/mol. The fourth-order valence-electron chi connectivity index (χ4n) is 3.19. The summed E-state index contributed by atoms with van der Waals surface area (Å²) in [6.45, 7) is 6.70. The first-order valence-corrected chi connectivity index (χ1v) is 10.4. The average Bonchev–Trinajstić information content (AvgIpc) is 3.20.